The molecule has 3 heterocycles. The Morgan fingerprint density at radius 3 is 2.75 bits per heavy atom. The summed E-state index contributed by atoms with van der Waals surface area (Å²) in [5, 5.41) is 3.42. The topological polar surface area (TPSA) is 71.8 Å². The lowest BCUT2D eigenvalue weighted by Gasteiger charge is -2.40. The van der Waals surface area contributed by atoms with Gasteiger partial charge in [-0.3, -0.25) is 9.59 Å². The maximum atomic E-state index is 13.1. The molecule has 4 rings (SSSR count). The SMILES string of the molecule is Cc1oc(-c2ccccc2Cl)cc1C(=O)N1CCC2(CC1)CC(=O)NCCO2. The van der Waals surface area contributed by atoms with Crippen LogP contribution < -0.4 is 5.32 Å². The number of nitrogens with one attached hydrogen (secondary N) is 1. The molecule has 148 valence electrons. The van der Waals surface area contributed by atoms with Crippen molar-refractivity contribution in [2.75, 3.05) is 26.2 Å². The van der Waals surface area contributed by atoms with E-state index in [9.17, 15) is 9.59 Å². The summed E-state index contributed by atoms with van der Waals surface area (Å²) in [7, 11) is 0. The van der Waals surface area contributed by atoms with Crippen LogP contribution in [0.5, 0.6) is 0 Å². The van der Waals surface area contributed by atoms with E-state index in [1.807, 2.05) is 23.1 Å². The van der Waals surface area contributed by atoms with Crippen LogP contribution >= 0.6 is 11.6 Å². The molecule has 0 atom stereocenters. The molecule has 0 radical (unpaired) electrons. The number of likely N-dealkylation sites (tertiary alicyclic amines) is 1. The van der Waals surface area contributed by atoms with Crippen molar-refractivity contribution in [1.29, 1.82) is 0 Å². The number of ether oxygens (including phenoxy) is 1. The molecule has 2 aliphatic rings. The number of nitrogens with zero attached hydrogens (tertiary/aromatic N) is 1. The average molecular weight is 403 g/mol. The molecular formula is C21H23ClN2O4. The predicted octanol–water partition coefficient (Wildman–Crippen LogP) is 3.42. The Kier molecular flexibility index (Phi) is 5.17. The summed E-state index contributed by atoms with van der Waals surface area (Å²) < 4.78 is 11.8. The van der Waals surface area contributed by atoms with E-state index in [0.29, 0.717) is 67.6 Å². The largest absolute Gasteiger partial charge is 0.460 e. The Morgan fingerprint density at radius 1 is 1.25 bits per heavy atom. The number of carbonyl (C=O) groups excluding carboxylic acids is 2. The fraction of sp³-hybridized carbons (Fsp3) is 0.429. The van der Waals surface area contributed by atoms with E-state index in [1.54, 1.807) is 19.1 Å². The minimum Gasteiger partial charge on any atom is -0.460 e. The lowest BCUT2D eigenvalue weighted by Crippen LogP contribution is -2.49. The average Bonchev–Trinajstić information content (AvgIpc) is 2.97. The van der Waals surface area contributed by atoms with E-state index in [0.717, 1.165) is 5.56 Å². The van der Waals surface area contributed by atoms with Gasteiger partial charge in [-0.05, 0) is 38.0 Å². The van der Waals surface area contributed by atoms with Crippen LogP contribution in [0.25, 0.3) is 11.3 Å². The fourth-order valence-corrected chi connectivity index (χ4v) is 4.19. The van der Waals surface area contributed by atoms with Crippen LogP contribution in [0.3, 0.4) is 0 Å². The van der Waals surface area contributed by atoms with Gasteiger partial charge < -0.3 is 19.4 Å². The standard InChI is InChI=1S/C21H23ClN2O4/c1-14-16(12-18(28-14)15-4-2-3-5-17(15)22)20(26)24-9-6-21(7-10-24)13-19(25)23-8-11-27-21/h2-5,12H,6-11,13H2,1H3,(H,23,25). The van der Waals surface area contributed by atoms with Crippen LogP contribution in [-0.4, -0.2) is 48.6 Å². The molecule has 2 fully saturated rings. The molecule has 1 N–H and O–H groups in total. The zero-order valence-electron chi connectivity index (χ0n) is 15.8. The Labute approximate surface area is 168 Å². The molecule has 7 heteroatoms. The van der Waals surface area contributed by atoms with Gasteiger partial charge in [0.05, 0.1) is 29.2 Å². The van der Waals surface area contributed by atoms with E-state index in [4.69, 9.17) is 20.8 Å². The second kappa shape index (κ2) is 7.60. The number of aryl methyl sites for hydroxylation is 1. The maximum Gasteiger partial charge on any atom is 0.257 e. The Morgan fingerprint density at radius 2 is 2.00 bits per heavy atom. The molecule has 0 unspecified atom stereocenters. The number of halogens is 1. The van der Waals surface area contributed by atoms with Gasteiger partial charge in [-0.15, -0.1) is 0 Å². The van der Waals surface area contributed by atoms with Gasteiger partial charge in [0.2, 0.25) is 5.91 Å². The van der Waals surface area contributed by atoms with Gasteiger partial charge in [-0.25, -0.2) is 0 Å². The van der Waals surface area contributed by atoms with Crippen LogP contribution in [0, 0.1) is 6.92 Å². The van der Waals surface area contributed by atoms with Crippen molar-refractivity contribution < 1.29 is 18.7 Å². The summed E-state index contributed by atoms with van der Waals surface area (Å²) in [4.78, 5) is 26.8. The third kappa shape index (κ3) is 3.66. The predicted molar refractivity (Wildman–Crippen MR) is 105 cm³/mol. The van der Waals surface area contributed by atoms with E-state index in [1.165, 1.54) is 0 Å². The summed E-state index contributed by atoms with van der Waals surface area (Å²) in [5.41, 5.74) is 0.859. The lowest BCUT2D eigenvalue weighted by molar-refractivity contribution is -0.127. The molecule has 0 saturated carbocycles. The third-order valence-electron chi connectivity index (χ3n) is 5.56. The number of amides is 2. The van der Waals surface area contributed by atoms with Crippen molar-refractivity contribution in [1.82, 2.24) is 10.2 Å². The first-order valence-corrected chi connectivity index (χ1v) is 9.90. The van der Waals surface area contributed by atoms with Gasteiger partial charge in [0, 0.05) is 25.2 Å². The van der Waals surface area contributed by atoms with E-state index < -0.39 is 5.60 Å². The Hall–Kier alpha value is -2.31. The molecule has 6 nitrogen and oxygen atoms in total. The van der Waals surface area contributed by atoms with E-state index in [-0.39, 0.29) is 11.8 Å². The first-order chi connectivity index (χ1) is 13.5. The van der Waals surface area contributed by atoms with Gasteiger partial charge >= 0.3 is 0 Å². The molecule has 0 bridgehead atoms. The molecule has 1 spiro atoms. The molecule has 2 aromatic rings. The monoisotopic (exact) mass is 402 g/mol. The highest BCUT2D eigenvalue weighted by atomic mass is 35.5. The van der Waals surface area contributed by atoms with Crippen molar-refractivity contribution in [3.05, 3.63) is 46.7 Å². The smallest absolute Gasteiger partial charge is 0.257 e. The van der Waals surface area contributed by atoms with Crippen molar-refractivity contribution in [2.45, 2.75) is 31.8 Å². The van der Waals surface area contributed by atoms with Crippen LogP contribution in [0.4, 0.5) is 0 Å². The number of hydrogen-bond acceptors (Lipinski definition) is 4. The van der Waals surface area contributed by atoms with Gasteiger partial charge in [-0.2, -0.15) is 0 Å². The quantitative estimate of drug-likeness (QED) is 0.835. The van der Waals surface area contributed by atoms with Crippen LogP contribution in [0.1, 0.15) is 35.4 Å². The van der Waals surface area contributed by atoms with Gasteiger partial charge in [0.1, 0.15) is 11.5 Å². The van der Waals surface area contributed by atoms with Crippen LogP contribution in [0.2, 0.25) is 5.02 Å². The summed E-state index contributed by atoms with van der Waals surface area (Å²) >= 11 is 6.25. The molecule has 2 amide bonds. The minimum atomic E-state index is -0.453. The number of benzene rings is 1. The summed E-state index contributed by atoms with van der Waals surface area (Å²) in [5.74, 6) is 1.12. The van der Waals surface area contributed by atoms with Crippen molar-refractivity contribution in [3.8, 4) is 11.3 Å². The third-order valence-corrected chi connectivity index (χ3v) is 5.89. The lowest BCUT2D eigenvalue weighted by atomic mass is 9.87. The fourth-order valence-electron chi connectivity index (χ4n) is 3.96. The molecule has 0 aliphatic carbocycles. The normalized spacial score (nSPS) is 19.4. The Balaban J connectivity index is 1.49. The van der Waals surface area contributed by atoms with Crippen LogP contribution in [-0.2, 0) is 9.53 Å². The number of furan rings is 1. The van der Waals surface area contributed by atoms with Crippen LogP contribution in [0.15, 0.2) is 34.7 Å². The van der Waals surface area contributed by atoms with Gasteiger partial charge in [-0.1, -0.05) is 23.7 Å². The number of hydrogen-bond donors (Lipinski definition) is 1. The second-order valence-corrected chi connectivity index (χ2v) is 7.82. The van der Waals surface area contributed by atoms with Gasteiger partial charge in [0.15, 0.2) is 0 Å². The van der Waals surface area contributed by atoms with Crippen molar-refractivity contribution in [3.63, 3.8) is 0 Å². The molecular weight excluding hydrogens is 380 g/mol. The number of piperidine rings is 1. The summed E-state index contributed by atoms with van der Waals surface area (Å²) in [6, 6.07) is 9.16. The minimum absolute atomic E-state index is 0.0207. The van der Waals surface area contributed by atoms with E-state index in [2.05, 4.69) is 5.32 Å². The maximum absolute atomic E-state index is 13.1. The number of rotatable bonds is 2. The highest BCUT2D eigenvalue weighted by molar-refractivity contribution is 6.33. The highest BCUT2D eigenvalue weighted by Crippen LogP contribution is 2.34. The molecule has 1 aromatic heterocycles. The summed E-state index contributed by atoms with van der Waals surface area (Å²) in [6.07, 6.45) is 1.66. The van der Waals surface area contributed by atoms with Crippen molar-refractivity contribution >= 4 is 23.4 Å². The van der Waals surface area contributed by atoms with E-state index >= 15 is 0 Å². The highest BCUT2D eigenvalue weighted by Gasteiger charge is 2.40. The molecule has 2 aliphatic heterocycles. The number of carbonyl (C=O) groups is 2. The first-order valence-electron chi connectivity index (χ1n) is 9.53. The van der Waals surface area contributed by atoms with Gasteiger partial charge in [0.25, 0.3) is 5.91 Å². The summed E-state index contributed by atoms with van der Waals surface area (Å²) in [6.45, 7) is 3.96. The molecule has 1 aromatic carbocycles. The zero-order valence-corrected chi connectivity index (χ0v) is 16.6. The molecule has 2 saturated heterocycles. The zero-order chi connectivity index (χ0) is 19.7. The second-order valence-electron chi connectivity index (χ2n) is 7.41. The van der Waals surface area contributed by atoms with Crippen molar-refractivity contribution in [2.24, 2.45) is 0 Å². The Bertz CT molecular complexity index is 900. The first kappa shape index (κ1) is 19.0. The molecule has 28 heavy (non-hydrogen) atoms.